The predicted octanol–water partition coefficient (Wildman–Crippen LogP) is 1.20. The molecule has 0 aromatic heterocycles. The van der Waals surface area contributed by atoms with Crippen LogP contribution in [0.15, 0.2) is 24.3 Å². The van der Waals surface area contributed by atoms with Crippen LogP contribution in [0.4, 0.5) is 0 Å². The van der Waals surface area contributed by atoms with Gasteiger partial charge in [0.15, 0.2) is 12.1 Å². The van der Waals surface area contributed by atoms with Crippen LogP contribution in [0.5, 0.6) is 5.75 Å². The van der Waals surface area contributed by atoms with Gasteiger partial charge in [-0.15, -0.1) is 0 Å². The minimum Gasteiger partial charge on any atom is -0.494 e. The summed E-state index contributed by atoms with van der Waals surface area (Å²) >= 11 is 0. The first kappa shape index (κ1) is 18.6. The molecule has 2 heterocycles. The third-order valence-corrected chi connectivity index (χ3v) is 4.27. The molecule has 0 unspecified atom stereocenters. The largest absolute Gasteiger partial charge is 0.494 e. The number of aliphatic hydroxyl groups excluding tert-OH is 2. The molecule has 7 heteroatoms. The molecule has 5 atom stereocenters. The van der Waals surface area contributed by atoms with Crippen LogP contribution in [-0.2, 0) is 25.6 Å². The van der Waals surface area contributed by atoms with E-state index in [9.17, 15) is 10.2 Å². The molecule has 3 rings (SSSR count). The fourth-order valence-electron chi connectivity index (χ4n) is 3.15. The van der Waals surface area contributed by atoms with Crippen molar-refractivity contribution in [2.45, 2.75) is 63.9 Å². The Bertz CT molecular complexity index is 559. The quantitative estimate of drug-likeness (QED) is 0.761. The third-order valence-electron chi connectivity index (χ3n) is 4.27. The predicted molar refractivity (Wildman–Crippen MR) is 88.0 cm³/mol. The zero-order valence-corrected chi connectivity index (χ0v) is 14.8. The van der Waals surface area contributed by atoms with Gasteiger partial charge in [0.1, 0.15) is 30.2 Å². The summed E-state index contributed by atoms with van der Waals surface area (Å²) < 4.78 is 28.7. The molecule has 1 aromatic carbocycles. The first-order valence-corrected chi connectivity index (χ1v) is 8.57. The SMILES string of the molecule is CCOc1ccc(CO[C@H]2[C@H]3OC(C)(C)O[C@@H]3O[C@@H]2[C@H](O)CO)cc1. The van der Waals surface area contributed by atoms with Crippen LogP contribution in [0.3, 0.4) is 0 Å². The van der Waals surface area contributed by atoms with Gasteiger partial charge in [-0.3, -0.25) is 0 Å². The third kappa shape index (κ3) is 4.13. The van der Waals surface area contributed by atoms with E-state index in [1.54, 1.807) is 13.8 Å². The molecule has 0 radical (unpaired) electrons. The van der Waals surface area contributed by atoms with Crippen molar-refractivity contribution in [3.63, 3.8) is 0 Å². The van der Waals surface area contributed by atoms with Crippen LogP contribution in [0.2, 0.25) is 0 Å². The molecule has 2 fully saturated rings. The smallest absolute Gasteiger partial charge is 0.190 e. The fraction of sp³-hybridized carbons (Fsp3) is 0.667. The van der Waals surface area contributed by atoms with Gasteiger partial charge in [0.25, 0.3) is 0 Å². The first-order valence-electron chi connectivity index (χ1n) is 8.57. The average molecular weight is 354 g/mol. The number of rotatable bonds is 7. The molecule has 2 aliphatic heterocycles. The Morgan fingerprint density at radius 3 is 2.56 bits per heavy atom. The lowest BCUT2D eigenvalue weighted by Crippen LogP contribution is -2.44. The van der Waals surface area contributed by atoms with Gasteiger partial charge in [-0.1, -0.05) is 12.1 Å². The van der Waals surface area contributed by atoms with E-state index in [1.807, 2.05) is 31.2 Å². The second kappa shape index (κ2) is 7.57. The highest BCUT2D eigenvalue weighted by atomic mass is 16.8. The van der Waals surface area contributed by atoms with Gasteiger partial charge < -0.3 is 33.9 Å². The molecule has 0 amide bonds. The van der Waals surface area contributed by atoms with Crippen LogP contribution in [-0.4, -0.2) is 59.9 Å². The molecular weight excluding hydrogens is 328 g/mol. The van der Waals surface area contributed by atoms with E-state index in [0.29, 0.717) is 13.2 Å². The fourth-order valence-corrected chi connectivity index (χ4v) is 3.15. The monoisotopic (exact) mass is 354 g/mol. The molecule has 140 valence electrons. The Balaban J connectivity index is 1.66. The van der Waals surface area contributed by atoms with Crippen LogP contribution in [0, 0.1) is 0 Å². The first-order chi connectivity index (χ1) is 11.9. The summed E-state index contributed by atoms with van der Waals surface area (Å²) in [5.41, 5.74) is 0.960. The number of hydrogen-bond acceptors (Lipinski definition) is 7. The molecule has 2 saturated heterocycles. The molecule has 0 spiro atoms. The normalized spacial score (nSPS) is 31.7. The number of hydrogen-bond donors (Lipinski definition) is 2. The topological polar surface area (TPSA) is 86.6 Å². The Morgan fingerprint density at radius 1 is 1.20 bits per heavy atom. The molecule has 0 aliphatic carbocycles. The maximum atomic E-state index is 10.0. The summed E-state index contributed by atoms with van der Waals surface area (Å²) in [6.07, 6.45) is -3.39. The van der Waals surface area contributed by atoms with Gasteiger partial charge in [0.2, 0.25) is 0 Å². The number of aliphatic hydroxyl groups is 2. The van der Waals surface area contributed by atoms with E-state index in [1.165, 1.54) is 0 Å². The lowest BCUT2D eigenvalue weighted by molar-refractivity contribution is -0.232. The molecule has 0 saturated carbocycles. The van der Waals surface area contributed by atoms with E-state index in [2.05, 4.69) is 0 Å². The van der Waals surface area contributed by atoms with Crippen molar-refractivity contribution in [1.29, 1.82) is 0 Å². The van der Waals surface area contributed by atoms with Crippen LogP contribution >= 0.6 is 0 Å². The van der Waals surface area contributed by atoms with Crippen molar-refractivity contribution in [2.24, 2.45) is 0 Å². The van der Waals surface area contributed by atoms with E-state index >= 15 is 0 Å². The van der Waals surface area contributed by atoms with E-state index < -0.39 is 43.1 Å². The molecule has 7 nitrogen and oxygen atoms in total. The molecule has 1 aromatic rings. The van der Waals surface area contributed by atoms with Crippen LogP contribution in [0.25, 0.3) is 0 Å². The second-order valence-electron chi connectivity index (χ2n) is 6.67. The summed E-state index contributed by atoms with van der Waals surface area (Å²) in [7, 11) is 0. The van der Waals surface area contributed by atoms with Gasteiger partial charge in [-0.05, 0) is 38.5 Å². The van der Waals surface area contributed by atoms with Crippen molar-refractivity contribution in [3.05, 3.63) is 29.8 Å². The number of ether oxygens (including phenoxy) is 5. The summed E-state index contributed by atoms with van der Waals surface area (Å²) in [4.78, 5) is 0. The summed E-state index contributed by atoms with van der Waals surface area (Å²) in [5.74, 6) is 0.0314. The van der Waals surface area contributed by atoms with Crippen molar-refractivity contribution >= 4 is 0 Å². The minimum atomic E-state index is -1.06. The number of benzene rings is 1. The zero-order valence-electron chi connectivity index (χ0n) is 14.8. The standard InChI is InChI=1S/C18H26O7/c1-4-21-12-7-5-11(6-8-12)10-22-15-14(13(20)9-19)23-17-16(15)24-18(2,3)25-17/h5-8,13-17,19-20H,4,9-10H2,1-3H3/t13-,14-,15-,16-,17+/m1/s1. The number of fused-ring (bicyclic) bond motifs is 1. The highest BCUT2D eigenvalue weighted by Crippen LogP contribution is 2.39. The van der Waals surface area contributed by atoms with Crippen molar-refractivity contribution < 1.29 is 33.9 Å². The molecule has 0 bridgehead atoms. The maximum absolute atomic E-state index is 10.0. The summed E-state index contributed by atoms with van der Waals surface area (Å²) in [6, 6.07) is 7.61. The zero-order chi connectivity index (χ0) is 18.0. The van der Waals surface area contributed by atoms with Gasteiger partial charge >= 0.3 is 0 Å². The van der Waals surface area contributed by atoms with Crippen molar-refractivity contribution in [2.75, 3.05) is 13.2 Å². The molecule has 2 N–H and O–H groups in total. The maximum Gasteiger partial charge on any atom is 0.190 e. The second-order valence-corrected chi connectivity index (χ2v) is 6.67. The Hall–Kier alpha value is -1.22. The van der Waals surface area contributed by atoms with Gasteiger partial charge in [0.05, 0.1) is 19.8 Å². The van der Waals surface area contributed by atoms with Crippen LogP contribution in [0.1, 0.15) is 26.3 Å². The van der Waals surface area contributed by atoms with Gasteiger partial charge in [-0.25, -0.2) is 0 Å². The molecule has 2 aliphatic rings. The van der Waals surface area contributed by atoms with E-state index in [4.69, 9.17) is 23.7 Å². The van der Waals surface area contributed by atoms with E-state index in [-0.39, 0.29) is 0 Å². The molecular formula is C18H26O7. The van der Waals surface area contributed by atoms with Crippen molar-refractivity contribution in [1.82, 2.24) is 0 Å². The highest BCUT2D eigenvalue weighted by molar-refractivity contribution is 5.26. The van der Waals surface area contributed by atoms with Crippen LogP contribution < -0.4 is 4.74 Å². The average Bonchev–Trinajstić information content (AvgIpc) is 3.05. The van der Waals surface area contributed by atoms with Crippen molar-refractivity contribution in [3.8, 4) is 5.75 Å². The Kier molecular flexibility index (Phi) is 5.62. The Labute approximate surface area is 147 Å². The minimum absolute atomic E-state index is 0.322. The lowest BCUT2D eigenvalue weighted by atomic mass is 10.1. The summed E-state index contributed by atoms with van der Waals surface area (Å²) in [6.45, 7) is 6.06. The Morgan fingerprint density at radius 2 is 1.92 bits per heavy atom. The highest BCUT2D eigenvalue weighted by Gasteiger charge is 2.56. The van der Waals surface area contributed by atoms with Gasteiger partial charge in [-0.2, -0.15) is 0 Å². The van der Waals surface area contributed by atoms with Gasteiger partial charge in [0, 0.05) is 0 Å². The lowest BCUT2D eigenvalue weighted by Gasteiger charge is -2.28. The van der Waals surface area contributed by atoms with E-state index in [0.717, 1.165) is 11.3 Å². The molecule has 25 heavy (non-hydrogen) atoms. The summed E-state index contributed by atoms with van der Waals surface area (Å²) in [5, 5.41) is 19.3.